The molecule has 0 saturated carbocycles. The van der Waals surface area contributed by atoms with Crippen molar-refractivity contribution in [2.45, 2.75) is 40.2 Å². The molecule has 2 heterocycles. The fraction of sp³-hybridized carbons (Fsp3) is 0.583. The Balaban J connectivity index is 2.36. The summed E-state index contributed by atoms with van der Waals surface area (Å²) in [5, 5.41) is 4.52. The molecule has 18 heavy (non-hydrogen) atoms. The summed E-state index contributed by atoms with van der Waals surface area (Å²) in [6, 6.07) is 0. The van der Waals surface area contributed by atoms with E-state index < -0.39 is 0 Å². The van der Waals surface area contributed by atoms with E-state index in [1.165, 1.54) is 6.33 Å². The predicted molar refractivity (Wildman–Crippen MR) is 70.1 cm³/mol. The van der Waals surface area contributed by atoms with Gasteiger partial charge in [-0.1, -0.05) is 25.4 Å². The van der Waals surface area contributed by atoms with E-state index in [4.69, 9.17) is 16.3 Å². The van der Waals surface area contributed by atoms with Crippen LogP contribution in [0.4, 0.5) is 0 Å². The third-order valence-corrected chi connectivity index (χ3v) is 3.03. The Bertz CT molecular complexity index is 552. The first kappa shape index (κ1) is 13.1. The number of ether oxygens (including phenoxy) is 1. The van der Waals surface area contributed by atoms with Crippen molar-refractivity contribution in [1.29, 1.82) is 0 Å². The van der Waals surface area contributed by atoms with Gasteiger partial charge < -0.3 is 4.74 Å². The van der Waals surface area contributed by atoms with Gasteiger partial charge in [0.2, 0.25) is 5.88 Å². The molecule has 0 bridgehead atoms. The lowest BCUT2D eigenvalue weighted by Gasteiger charge is -2.18. The van der Waals surface area contributed by atoms with Crippen molar-refractivity contribution in [2.24, 2.45) is 5.92 Å². The van der Waals surface area contributed by atoms with Crippen LogP contribution < -0.4 is 4.74 Å². The van der Waals surface area contributed by atoms with Gasteiger partial charge >= 0.3 is 0 Å². The Morgan fingerprint density at radius 3 is 2.78 bits per heavy atom. The van der Waals surface area contributed by atoms with Gasteiger partial charge in [-0.3, -0.25) is 0 Å². The molecule has 0 amide bonds. The van der Waals surface area contributed by atoms with Crippen molar-refractivity contribution in [3.63, 3.8) is 0 Å². The van der Waals surface area contributed by atoms with Crippen LogP contribution in [0.15, 0.2) is 6.33 Å². The van der Waals surface area contributed by atoms with Crippen LogP contribution in [0.1, 0.15) is 32.8 Å². The third kappa shape index (κ3) is 2.56. The Morgan fingerprint density at radius 2 is 2.11 bits per heavy atom. The van der Waals surface area contributed by atoms with E-state index in [0.717, 1.165) is 12.0 Å². The molecule has 0 aliphatic carbocycles. The van der Waals surface area contributed by atoms with E-state index in [2.05, 4.69) is 28.9 Å². The van der Waals surface area contributed by atoms with Crippen LogP contribution in [0.25, 0.3) is 5.78 Å². The highest BCUT2D eigenvalue weighted by Gasteiger charge is 2.16. The second-order valence-electron chi connectivity index (χ2n) is 4.86. The van der Waals surface area contributed by atoms with Gasteiger partial charge in [-0.2, -0.15) is 19.6 Å². The average molecular weight is 269 g/mol. The fourth-order valence-electron chi connectivity index (χ4n) is 1.91. The molecule has 0 aliphatic heterocycles. The van der Waals surface area contributed by atoms with E-state index in [0.29, 0.717) is 22.7 Å². The normalized spacial score (nSPS) is 13.2. The van der Waals surface area contributed by atoms with Gasteiger partial charge in [-0.25, -0.2) is 0 Å². The molecule has 1 atom stereocenters. The standard InChI is InChI=1S/C12H17ClN4O/c1-7(2)5-8(3)18-11-9(4)10(13)16-12-14-6-15-17(11)12/h6-8H,5H2,1-4H3. The Hall–Kier alpha value is -1.36. The van der Waals surface area contributed by atoms with Crippen LogP contribution in [0.5, 0.6) is 5.88 Å². The zero-order valence-corrected chi connectivity index (χ0v) is 11.8. The molecule has 0 N–H and O–H groups in total. The van der Waals surface area contributed by atoms with E-state index in [-0.39, 0.29) is 6.10 Å². The molecule has 5 nitrogen and oxygen atoms in total. The number of aromatic nitrogens is 4. The maximum Gasteiger partial charge on any atom is 0.256 e. The molecule has 2 aromatic rings. The number of halogens is 1. The van der Waals surface area contributed by atoms with Gasteiger partial charge in [0, 0.05) is 5.56 Å². The minimum Gasteiger partial charge on any atom is -0.474 e. The summed E-state index contributed by atoms with van der Waals surface area (Å²) in [5.41, 5.74) is 0.783. The van der Waals surface area contributed by atoms with Crippen LogP contribution in [0.3, 0.4) is 0 Å². The van der Waals surface area contributed by atoms with Gasteiger partial charge in [-0.15, -0.1) is 0 Å². The minimum atomic E-state index is 0.0922. The summed E-state index contributed by atoms with van der Waals surface area (Å²) < 4.78 is 7.53. The predicted octanol–water partition coefficient (Wildman–Crippen LogP) is 2.90. The van der Waals surface area contributed by atoms with Gasteiger partial charge in [0.1, 0.15) is 11.5 Å². The van der Waals surface area contributed by atoms with Crippen molar-refractivity contribution in [2.75, 3.05) is 0 Å². The Kier molecular flexibility index (Phi) is 3.71. The van der Waals surface area contributed by atoms with Gasteiger partial charge in [0.25, 0.3) is 5.78 Å². The summed E-state index contributed by atoms with van der Waals surface area (Å²) in [6.45, 7) is 8.24. The van der Waals surface area contributed by atoms with E-state index in [1.807, 2.05) is 13.8 Å². The molecule has 0 radical (unpaired) electrons. The molecule has 6 heteroatoms. The zero-order chi connectivity index (χ0) is 13.3. The third-order valence-electron chi connectivity index (χ3n) is 2.67. The first-order valence-corrected chi connectivity index (χ1v) is 6.39. The van der Waals surface area contributed by atoms with E-state index in [1.54, 1.807) is 4.52 Å². The summed E-state index contributed by atoms with van der Waals surface area (Å²) in [6.07, 6.45) is 2.50. The number of nitrogens with zero attached hydrogens (tertiary/aromatic N) is 4. The lowest BCUT2D eigenvalue weighted by atomic mass is 10.1. The van der Waals surface area contributed by atoms with E-state index >= 15 is 0 Å². The van der Waals surface area contributed by atoms with Gasteiger partial charge in [0.05, 0.1) is 6.10 Å². The smallest absolute Gasteiger partial charge is 0.256 e. The lowest BCUT2D eigenvalue weighted by molar-refractivity contribution is 0.179. The number of hydrogen-bond donors (Lipinski definition) is 0. The molecule has 0 aromatic carbocycles. The monoisotopic (exact) mass is 268 g/mol. The van der Waals surface area contributed by atoms with Crippen molar-refractivity contribution < 1.29 is 4.74 Å². The van der Waals surface area contributed by atoms with Gasteiger partial charge in [-0.05, 0) is 26.2 Å². The average Bonchev–Trinajstić information content (AvgIpc) is 2.71. The molecule has 0 fully saturated rings. The van der Waals surface area contributed by atoms with Crippen molar-refractivity contribution in [3.8, 4) is 5.88 Å². The van der Waals surface area contributed by atoms with Gasteiger partial charge in [0.15, 0.2) is 0 Å². The number of hydrogen-bond acceptors (Lipinski definition) is 4. The maximum atomic E-state index is 6.07. The highest BCUT2D eigenvalue weighted by atomic mass is 35.5. The molecule has 1 unspecified atom stereocenters. The first-order chi connectivity index (χ1) is 8.49. The van der Waals surface area contributed by atoms with Crippen molar-refractivity contribution in [3.05, 3.63) is 17.0 Å². The first-order valence-electron chi connectivity index (χ1n) is 6.01. The van der Waals surface area contributed by atoms with Crippen molar-refractivity contribution >= 4 is 17.4 Å². The van der Waals surface area contributed by atoms with Crippen LogP contribution in [0, 0.1) is 12.8 Å². The summed E-state index contributed by atoms with van der Waals surface area (Å²) in [4.78, 5) is 8.16. The highest BCUT2D eigenvalue weighted by molar-refractivity contribution is 6.30. The maximum absolute atomic E-state index is 6.07. The van der Waals surface area contributed by atoms with Crippen LogP contribution >= 0.6 is 11.6 Å². The Morgan fingerprint density at radius 1 is 1.39 bits per heavy atom. The second kappa shape index (κ2) is 5.10. The summed E-state index contributed by atoms with van der Waals surface area (Å²) >= 11 is 6.07. The molecule has 0 spiro atoms. The molecular weight excluding hydrogens is 252 g/mol. The number of fused-ring (bicyclic) bond motifs is 1. The van der Waals surface area contributed by atoms with Crippen LogP contribution in [0.2, 0.25) is 5.15 Å². The largest absolute Gasteiger partial charge is 0.474 e. The molecule has 0 aliphatic rings. The fourth-order valence-corrected chi connectivity index (χ4v) is 2.07. The molecule has 2 aromatic heterocycles. The number of rotatable bonds is 4. The quantitative estimate of drug-likeness (QED) is 0.800. The minimum absolute atomic E-state index is 0.0922. The SMILES string of the molecule is Cc1c(Cl)nc2ncnn2c1OC(C)CC(C)C. The summed E-state index contributed by atoms with van der Waals surface area (Å²) in [5.74, 6) is 1.65. The second-order valence-corrected chi connectivity index (χ2v) is 5.22. The molecule has 0 saturated heterocycles. The zero-order valence-electron chi connectivity index (χ0n) is 11.0. The van der Waals surface area contributed by atoms with E-state index in [9.17, 15) is 0 Å². The van der Waals surface area contributed by atoms with Crippen LogP contribution in [-0.4, -0.2) is 25.7 Å². The Labute approximate surface area is 111 Å². The lowest BCUT2D eigenvalue weighted by Crippen LogP contribution is -2.17. The van der Waals surface area contributed by atoms with Crippen LogP contribution in [-0.2, 0) is 0 Å². The highest BCUT2D eigenvalue weighted by Crippen LogP contribution is 2.25. The van der Waals surface area contributed by atoms with Crippen molar-refractivity contribution in [1.82, 2.24) is 19.6 Å². The topological polar surface area (TPSA) is 52.3 Å². The molecule has 98 valence electrons. The molecule has 2 rings (SSSR count). The summed E-state index contributed by atoms with van der Waals surface area (Å²) in [7, 11) is 0. The molecular formula is C12H17ClN4O.